The van der Waals surface area contributed by atoms with E-state index in [9.17, 15) is 18.0 Å². The Labute approximate surface area is 148 Å². The first-order valence-electron chi connectivity index (χ1n) is 8.11. The Balaban J connectivity index is 2.40. The van der Waals surface area contributed by atoms with Crippen LogP contribution < -0.4 is 10.8 Å². The fourth-order valence-corrected chi connectivity index (χ4v) is 2.28. The molecule has 0 fully saturated rings. The smallest absolute Gasteiger partial charge is 0.360 e. The van der Waals surface area contributed by atoms with Crippen LogP contribution in [0.1, 0.15) is 43.9 Å². The second-order valence-electron chi connectivity index (χ2n) is 5.60. The molecule has 0 aliphatic rings. The summed E-state index contributed by atoms with van der Waals surface area (Å²) in [5.74, 6) is 5.21. The average Bonchev–Trinajstić information content (AvgIpc) is 2.95. The number of hydroxylamine groups is 1. The van der Waals surface area contributed by atoms with Crippen molar-refractivity contribution >= 4 is 17.4 Å². The number of anilines is 1. The average molecular weight is 368 g/mol. The number of unbranched alkanes of at least 4 members (excludes halogenated alkanes) is 3. The van der Waals surface area contributed by atoms with Crippen LogP contribution in [0.2, 0.25) is 0 Å². The summed E-state index contributed by atoms with van der Waals surface area (Å²) in [5, 5.41) is 11.3. The number of halogens is 3. The molecule has 0 spiro atoms. The lowest BCUT2D eigenvalue weighted by Gasteiger charge is -2.09. The second-order valence-corrected chi connectivity index (χ2v) is 5.60. The minimum absolute atomic E-state index is 0.165. The maximum Gasteiger partial charge on any atom is 0.417 e. The van der Waals surface area contributed by atoms with E-state index in [1.165, 1.54) is 15.9 Å². The highest BCUT2D eigenvalue weighted by Crippen LogP contribution is 2.30. The molecule has 0 saturated carbocycles. The van der Waals surface area contributed by atoms with E-state index in [2.05, 4.69) is 29.1 Å². The van der Waals surface area contributed by atoms with E-state index in [1.54, 1.807) is 0 Å². The Morgan fingerprint density at radius 1 is 1.35 bits per heavy atom. The van der Waals surface area contributed by atoms with E-state index in [0.29, 0.717) is 6.42 Å². The number of carbonyl (C=O) groups is 1. The molecule has 0 bridgehead atoms. The molecule has 0 radical (unpaired) electrons. The summed E-state index contributed by atoms with van der Waals surface area (Å²) in [6.07, 6.45) is 0.0424. The van der Waals surface area contributed by atoms with Crippen molar-refractivity contribution in [1.29, 1.82) is 0 Å². The van der Waals surface area contributed by atoms with E-state index in [4.69, 9.17) is 5.21 Å². The van der Waals surface area contributed by atoms with Crippen LogP contribution in [0.25, 0.3) is 5.65 Å². The van der Waals surface area contributed by atoms with Crippen LogP contribution in [0.3, 0.4) is 0 Å². The third kappa shape index (κ3) is 4.89. The topological polar surface area (TPSA) is 78.7 Å². The number of imidazole rings is 1. The number of amides is 1. The molecule has 2 rings (SSSR count). The number of aromatic nitrogens is 2. The number of fused-ring (bicyclic) bond motifs is 1. The summed E-state index contributed by atoms with van der Waals surface area (Å²) < 4.78 is 40.1. The maximum atomic E-state index is 13.0. The molecule has 2 heterocycles. The normalized spacial score (nSPS) is 11.1. The number of alkyl halides is 3. The van der Waals surface area contributed by atoms with Gasteiger partial charge in [0.25, 0.3) is 5.91 Å². The summed E-state index contributed by atoms with van der Waals surface area (Å²) in [7, 11) is 0. The third-order valence-electron chi connectivity index (χ3n) is 3.60. The molecule has 2 aromatic heterocycles. The van der Waals surface area contributed by atoms with Gasteiger partial charge in [0.05, 0.1) is 12.1 Å². The van der Waals surface area contributed by atoms with Gasteiger partial charge in [-0.25, -0.2) is 10.5 Å². The molecule has 2 aromatic rings. The molecule has 0 atom stereocenters. The molecule has 0 aliphatic heterocycles. The zero-order chi connectivity index (χ0) is 19.2. The Morgan fingerprint density at radius 2 is 2.12 bits per heavy atom. The molecule has 0 aliphatic carbocycles. The quantitative estimate of drug-likeness (QED) is 0.317. The van der Waals surface area contributed by atoms with Crippen molar-refractivity contribution in [1.82, 2.24) is 14.9 Å². The second kappa shape index (κ2) is 8.58. The maximum absolute atomic E-state index is 13.0. The third-order valence-corrected chi connectivity index (χ3v) is 3.60. The lowest BCUT2D eigenvalue weighted by molar-refractivity contribution is -0.137. The van der Waals surface area contributed by atoms with E-state index in [1.807, 2.05) is 0 Å². The van der Waals surface area contributed by atoms with Gasteiger partial charge in [0.15, 0.2) is 5.69 Å². The van der Waals surface area contributed by atoms with Gasteiger partial charge in [-0.15, -0.1) is 0 Å². The molecule has 6 nitrogen and oxygen atoms in total. The highest BCUT2D eigenvalue weighted by atomic mass is 19.4. The van der Waals surface area contributed by atoms with Crippen molar-refractivity contribution in [2.45, 2.75) is 38.8 Å². The van der Waals surface area contributed by atoms with Crippen LogP contribution >= 0.6 is 0 Å². The zero-order valence-corrected chi connectivity index (χ0v) is 14.2. The predicted octanol–water partition coefficient (Wildman–Crippen LogP) is 3.20. The van der Waals surface area contributed by atoms with Crippen molar-refractivity contribution in [3.8, 4) is 11.8 Å². The Bertz CT molecular complexity index is 834. The number of carbonyl (C=O) groups excluding carboxylic acids is 1. The summed E-state index contributed by atoms with van der Waals surface area (Å²) in [6.45, 7) is 1.73. The number of hydrogen-bond acceptors (Lipinski definition) is 4. The highest BCUT2D eigenvalue weighted by Gasteiger charge is 2.31. The standard InChI is InChI=1S/C17H19F3N4O2/c1-2-3-4-5-6-7-13-16(21-10-15(25)23-26)24-11-12(17(18,19)20)8-9-14(24)22-13/h8-9,11,21,26H,2-5,10H2,1H3,(H,23,25). The van der Waals surface area contributed by atoms with Crippen LogP contribution in [-0.4, -0.2) is 27.0 Å². The number of nitrogens with one attached hydrogen (secondary N) is 2. The van der Waals surface area contributed by atoms with E-state index in [0.717, 1.165) is 31.5 Å². The van der Waals surface area contributed by atoms with Gasteiger partial charge >= 0.3 is 6.18 Å². The fraction of sp³-hybridized carbons (Fsp3) is 0.412. The van der Waals surface area contributed by atoms with Gasteiger partial charge in [0.1, 0.15) is 11.5 Å². The molecule has 1 amide bonds. The highest BCUT2D eigenvalue weighted by molar-refractivity contribution is 5.80. The monoisotopic (exact) mass is 368 g/mol. The van der Waals surface area contributed by atoms with Crippen LogP contribution in [0, 0.1) is 11.8 Å². The SMILES string of the molecule is CCCCCC#Cc1nc2ccc(C(F)(F)F)cn2c1NCC(=O)NO. The van der Waals surface area contributed by atoms with E-state index >= 15 is 0 Å². The van der Waals surface area contributed by atoms with Crippen molar-refractivity contribution < 1.29 is 23.2 Å². The Morgan fingerprint density at radius 3 is 2.77 bits per heavy atom. The van der Waals surface area contributed by atoms with Crippen molar-refractivity contribution in [3.63, 3.8) is 0 Å². The Hall–Kier alpha value is -2.73. The molecule has 0 saturated heterocycles. The van der Waals surface area contributed by atoms with Gasteiger partial charge in [-0.3, -0.25) is 14.4 Å². The summed E-state index contributed by atoms with van der Waals surface area (Å²) >= 11 is 0. The van der Waals surface area contributed by atoms with Gasteiger partial charge in [0.2, 0.25) is 0 Å². The van der Waals surface area contributed by atoms with Crippen LogP contribution in [0.4, 0.5) is 19.0 Å². The lowest BCUT2D eigenvalue weighted by Crippen LogP contribution is -2.27. The van der Waals surface area contributed by atoms with Crippen LogP contribution in [0.5, 0.6) is 0 Å². The van der Waals surface area contributed by atoms with Crippen LogP contribution in [0.15, 0.2) is 18.3 Å². The van der Waals surface area contributed by atoms with Gasteiger partial charge in [-0.05, 0) is 24.5 Å². The first-order valence-corrected chi connectivity index (χ1v) is 8.11. The molecule has 0 unspecified atom stereocenters. The van der Waals surface area contributed by atoms with Crippen molar-refractivity contribution in [3.05, 3.63) is 29.6 Å². The van der Waals surface area contributed by atoms with Gasteiger partial charge < -0.3 is 5.32 Å². The molecular formula is C17H19F3N4O2. The molecule has 140 valence electrons. The lowest BCUT2D eigenvalue weighted by atomic mass is 10.2. The van der Waals surface area contributed by atoms with Crippen molar-refractivity contribution in [2.24, 2.45) is 0 Å². The van der Waals surface area contributed by atoms with Crippen LogP contribution in [-0.2, 0) is 11.0 Å². The number of hydrogen-bond donors (Lipinski definition) is 3. The first-order chi connectivity index (χ1) is 12.4. The molecular weight excluding hydrogens is 349 g/mol. The van der Waals surface area contributed by atoms with Crippen molar-refractivity contribution in [2.75, 3.05) is 11.9 Å². The summed E-state index contributed by atoms with van der Waals surface area (Å²) in [6, 6.07) is 2.17. The zero-order valence-electron chi connectivity index (χ0n) is 14.2. The van der Waals surface area contributed by atoms with Gasteiger partial charge in [0, 0.05) is 12.6 Å². The molecule has 26 heavy (non-hydrogen) atoms. The Kier molecular flexibility index (Phi) is 6.46. The predicted molar refractivity (Wildman–Crippen MR) is 89.6 cm³/mol. The van der Waals surface area contributed by atoms with E-state index in [-0.39, 0.29) is 23.7 Å². The molecule has 9 heteroatoms. The number of pyridine rings is 1. The van der Waals surface area contributed by atoms with Gasteiger partial charge in [-0.1, -0.05) is 25.7 Å². The van der Waals surface area contributed by atoms with Gasteiger partial charge in [-0.2, -0.15) is 13.2 Å². The molecule has 3 N–H and O–H groups in total. The first kappa shape index (κ1) is 19.6. The summed E-state index contributed by atoms with van der Waals surface area (Å²) in [5.41, 5.74) is 1.11. The largest absolute Gasteiger partial charge is 0.417 e. The van der Waals surface area contributed by atoms with E-state index < -0.39 is 17.6 Å². The minimum atomic E-state index is -4.51. The number of nitrogens with zero attached hydrogens (tertiary/aromatic N) is 2. The summed E-state index contributed by atoms with van der Waals surface area (Å²) in [4.78, 5) is 15.5. The molecule has 0 aromatic carbocycles. The number of rotatable bonds is 6. The fourth-order valence-electron chi connectivity index (χ4n) is 2.28. The minimum Gasteiger partial charge on any atom is -0.360 e.